The summed E-state index contributed by atoms with van der Waals surface area (Å²) in [6.45, 7) is 4.95. The largest absolute Gasteiger partial charge is 0.486 e. The average Bonchev–Trinajstić information content (AvgIpc) is 2.69. The molecule has 1 spiro atoms. The normalized spacial score (nSPS) is 17.6. The molecule has 5 nitrogen and oxygen atoms in total. The van der Waals surface area contributed by atoms with Gasteiger partial charge in [0.2, 0.25) is 0 Å². The number of halogens is 1. The van der Waals surface area contributed by atoms with Crippen LogP contribution in [0.3, 0.4) is 0 Å². The van der Waals surface area contributed by atoms with Gasteiger partial charge in [-0.2, -0.15) is 0 Å². The van der Waals surface area contributed by atoms with Gasteiger partial charge in [0, 0.05) is 31.0 Å². The number of piperidine rings is 1. The second kappa shape index (κ2) is 7.71. The minimum atomic E-state index is -0.544. The Morgan fingerprint density at radius 2 is 1.90 bits per heavy atom. The lowest BCUT2D eigenvalue weighted by Gasteiger charge is -2.44. The van der Waals surface area contributed by atoms with E-state index in [-0.39, 0.29) is 18.3 Å². The summed E-state index contributed by atoms with van der Waals surface area (Å²) in [5, 5.41) is 0.575. The third-order valence-electron chi connectivity index (χ3n) is 5.84. The molecule has 152 valence electrons. The van der Waals surface area contributed by atoms with Crippen molar-refractivity contribution < 1.29 is 19.1 Å². The molecule has 0 N–H and O–H groups in total. The Morgan fingerprint density at radius 3 is 2.62 bits per heavy atom. The lowest BCUT2D eigenvalue weighted by molar-refractivity contribution is -0.136. The summed E-state index contributed by atoms with van der Waals surface area (Å²) in [5.41, 5.74) is 1.89. The van der Waals surface area contributed by atoms with Crippen molar-refractivity contribution in [2.75, 3.05) is 19.7 Å². The number of benzene rings is 2. The van der Waals surface area contributed by atoms with Crippen LogP contribution in [-0.4, -0.2) is 41.9 Å². The van der Waals surface area contributed by atoms with Crippen molar-refractivity contribution in [3.63, 3.8) is 0 Å². The summed E-state index contributed by atoms with van der Waals surface area (Å²) in [6.07, 6.45) is 1.56. The van der Waals surface area contributed by atoms with Crippen molar-refractivity contribution in [2.24, 2.45) is 0 Å². The molecular formula is C23H24ClNO4. The van der Waals surface area contributed by atoms with Crippen molar-refractivity contribution in [1.82, 2.24) is 4.90 Å². The van der Waals surface area contributed by atoms with Crippen molar-refractivity contribution in [3.8, 4) is 11.5 Å². The second-order valence-electron chi connectivity index (χ2n) is 7.92. The lowest BCUT2D eigenvalue weighted by atomic mass is 9.82. The first-order chi connectivity index (χ1) is 13.9. The first kappa shape index (κ1) is 19.8. The summed E-state index contributed by atoms with van der Waals surface area (Å²) in [7, 11) is 0. The Kier molecular flexibility index (Phi) is 5.26. The Labute approximate surface area is 175 Å². The molecule has 0 bridgehead atoms. The fourth-order valence-electron chi connectivity index (χ4n) is 4.01. The van der Waals surface area contributed by atoms with Crippen LogP contribution >= 0.6 is 11.6 Å². The smallest absolute Gasteiger partial charge is 0.260 e. The number of Topliss-reactive ketones (excluding diaryl/α,β-unsaturated/α-hetero) is 1. The molecule has 2 aromatic carbocycles. The monoisotopic (exact) mass is 413 g/mol. The van der Waals surface area contributed by atoms with Crippen LogP contribution < -0.4 is 9.47 Å². The Balaban J connectivity index is 1.39. The lowest BCUT2D eigenvalue weighted by Crippen LogP contribution is -2.53. The third-order valence-corrected chi connectivity index (χ3v) is 6.25. The predicted octanol–water partition coefficient (Wildman–Crippen LogP) is 4.36. The van der Waals surface area contributed by atoms with E-state index in [9.17, 15) is 9.59 Å². The molecule has 6 heteroatoms. The highest BCUT2D eigenvalue weighted by Crippen LogP contribution is 2.41. The number of carbonyl (C=O) groups is 2. The van der Waals surface area contributed by atoms with Gasteiger partial charge in [0.05, 0.1) is 12.0 Å². The van der Waals surface area contributed by atoms with Crippen LogP contribution in [0.4, 0.5) is 0 Å². The molecule has 0 aliphatic carbocycles. The highest BCUT2D eigenvalue weighted by Gasteiger charge is 2.43. The maximum absolute atomic E-state index is 12.7. The number of ketones is 1. The molecule has 0 radical (unpaired) electrons. The Hall–Kier alpha value is -2.53. The highest BCUT2D eigenvalue weighted by molar-refractivity contribution is 6.31. The molecule has 1 fully saturated rings. The summed E-state index contributed by atoms with van der Waals surface area (Å²) < 4.78 is 12.0. The molecule has 4 rings (SSSR count). The molecule has 0 unspecified atom stereocenters. The molecule has 1 saturated heterocycles. The fraction of sp³-hybridized carbons (Fsp3) is 0.391. The zero-order valence-corrected chi connectivity index (χ0v) is 17.4. The van der Waals surface area contributed by atoms with E-state index in [0.717, 1.165) is 16.9 Å². The number of fused-ring (bicyclic) bond motifs is 1. The van der Waals surface area contributed by atoms with E-state index < -0.39 is 5.60 Å². The predicted molar refractivity (Wildman–Crippen MR) is 111 cm³/mol. The molecule has 2 aliphatic heterocycles. The number of aryl methyl sites for hydroxylation is 2. The number of nitrogens with zero attached hydrogens (tertiary/aromatic N) is 1. The number of hydrogen-bond acceptors (Lipinski definition) is 4. The highest BCUT2D eigenvalue weighted by atomic mass is 35.5. The zero-order valence-electron chi connectivity index (χ0n) is 16.7. The number of carbonyl (C=O) groups excluding carboxylic acids is 2. The molecule has 1 amide bonds. The molecule has 0 atom stereocenters. The van der Waals surface area contributed by atoms with Crippen LogP contribution in [-0.2, 0) is 4.79 Å². The van der Waals surface area contributed by atoms with E-state index >= 15 is 0 Å². The van der Waals surface area contributed by atoms with Gasteiger partial charge in [0.1, 0.15) is 17.1 Å². The first-order valence-corrected chi connectivity index (χ1v) is 10.2. The standard InChI is InChI=1S/C23H24ClNO4/c1-15-5-3-4-6-20(15)28-14-22(27)25-9-7-23(8-10-25)13-19(26)17-12-18(24)16(2)11-21(17)29-23/h3-6,11-12H,7-10,13-14H2,1-2H3. The molecule has 29 heavy (non-hydrogen) atoms. The molecule has 0 saturated carbocycles. The summed E-state index contributed by atoms with van der Waals surface area (Å²) >= 11 is 6.16. The summed E-state index contributed by atoms with van der Waals surface area (Å²) in [5.74, 6) is 1.33. The minimum absolute atomic E-state index is 0.0121. The first-order valence-electron chi connectivity index (χ1n) is 9.85. The van der Waals surface area contributed by atoms with Gasteiger partial charge in [-0.15, -0.1) is 0 Å². The van der Waals surface area contributed by atoms with Gasteiger partial charge in [-0.3, -0.25) is 9.59 Å². The number of rotatable bonds is 3. The number of ether oxygens (including phenoxy) is 2. The van der Waals surface area contributed by atoms with Gasteiger partial charge in [-0.25, -0.2) is 0 Å². The number of hydrogen-bond donors (Lipinski definition) is 0. The zero-order chi connectivity index (χ0) is 20.6. The third kappa shape index (κ3) is 3.97. The molecule has 2 heterocycles. The number of para-hydroxylation sites is 1. The van der Waals surface area contributed by atoms with Crippen LogP contribution in [0.15, 0.2) is 36.4 Å². The van der Waals surface area contributed by atoms with E-state index in [2.05, 4.69) is 0 Å². The maximum atomic E-state index is 12.7. The van der Waals surface area contributed by atoms with Crippen molar-refractivity contribution in [2.45, 2.75) is 38.7 Å². The molecule has 2 aliphatic rings. The van der Waals surface area contributed by atoms with E-state index in [0.29, 0.717) is 48.7 Å². The van der Waals surface area contributed by atoms with E-state index in [1.807, 2.05) is 44.2 Å². The quantitative estimate of drug-likeness (QED) is 0.750. The molecule has 2 aromatic rings. The number of amides is 1. The SMILES string of the molecule is Cc1cc2c(cc1Cl)C(=O)CC1(CCN(C(=O)COc3ccccc3C)CC1)O2. The van der Waals surface area contributed by atoms with Crippen LogP contribution in [0.2, 0.25) is 5.02 Å². The van der Waals surface area contributed by atoms with Gasteiger partial charge >= 0.3 is 0 Å². The molecular weight excluding hydrogens is 390 g/mol. The maximum Gasteiger partial charge on any atom is 0.260 e. The van der Waals surface area contributed by atoms with Gasteiger partial charge in [-0.1, -0.05) is 29.8 Å². The van der Waals surface area contributed by atoms with Gasteiger partial charge in [0.15, 0.2) is 12.4 Å². The fourth-order valence-corrected chi connectivity index (χ4v) is 4.17. The molecule has 0 aromatic heterocycles. The topological polar surface area (TPSA) is 55.8 Å². The van der Waals surface area contributed by atoms with Crippen molar-refractivity contribution in [1.29, 1.82) is 0 Å². The van der Waals surface area contributed by atoms with Crippen molar-refractivity contribution in [3.05, 3.63) is 58.1 Å². The van der Waals surface area contributed by atoms with Crippen molar-refractivity contribution >= 4 is 23.3 Å². The van der Waals surface area contributed by atoms with Crippen LogP contribution in [0.25, 0.3) is 0 Å². The van der Waals surface area contributed by atoms with Gasteiger partial charge < -0.3 is 14.4 Å². The summed E-state index contributed by atoms with van der Waals surface area (Å²) in [4.78, 5) is 27.1. The Morgan fingerprint density at radius 1 is 1.17 bits per heavy atom. The second-order valence-corrected chi connectivity index (χ2v) is 8.32. The van der Waals surface area contributed by atoms with Crippen LogP contribution in [0.5, 0.6) is 11.5 Å². The van der Waals surface area contributed by atoms with Crippen LogP contribution in [0.1, 0.15) is 40.7 Å². The van der Waals surface area contributed by atoms with Gasteiger partial charge in [-0.05, 0) is 43.2 Å². The van der Waals surface area contributed by atoms with Gasteiger partial charge in [0.25, 0.3) is 5.91 Å². The minimum Gasteiger partial charge on any atom is -0.486 e. The van der Waals surface area contributed by atoms with E-state index in [4.69, 9.17) is 21.1 Å². The summed E-state index contributed by atoms with van der Waals surface area (Å²) in [6, 6.07) is 11.2. The average molecular weight is 414 g/mol. The number of likely N-dealkylation sites (tertiary alicyclic amines) is 1. The van der Waals surface area contributed by atoms with E-state index in [1.165, 1.54) is 0 Å². The van der Waals surface area contributed by atoms with E-state index in [1.54, 1.807) is 11.0 Å². The van der Waals surface area contributed by atoms with Crippen LogP contribution in [0, 0.1) is 13.8 Å². The Bertz CT molecular complexity index is 963.